The summed E-state index contributed by atoms with van der Waals surface area (Å²) in [7, 11) is -1.64. The molecule has 0 aliphatic carbocycles. The molecule has 0 fully saturated rings. The lowest BCUT2D eigenvalue weighted by molar-refractivity contribution is 0.275. The summed E-state index contributed by atoms with van der Waals surface area (Å²) in [5.74, 6) is 0. The van der Waals surface area contributed by atoms with Crippen LogP contribution in [-0.2, 0) is 11.0 Å². The molecule has 0 aromatic carbocycles. The Morgan fingerprint density at radius 3 is 2.53 bits per heavy atom. The number of pyridine rings is 1. The zero-order chi connectivity index (χ0) is 11.5. The van der Waals surface area contributed by atoms with Gasteiger partial charge in [0.25, 0.3) is 0 Å². The van der Waals surface area contributed by atoms with E-state index in [0.717, 1.165) is 5.56 Å². The van der Waals surface area contributed by atoms with E-state index in [0.29, 0.717) is 6.61 Å². The molecule has 1 aromatic heterocycles. The highest BCUT2D eigenvalue weighted by Gasteiger charge is 2.36. The van der Waals surface area contributed by atoms with Gasteiger partial charge in [0, 0.05) is 11.8 Å². The van der Waals surface area contributed by atoms with Crippen LogP contribution in [0.3, 0.4) is 0 Å². The van der Waals surface area contributed by atoms with Gasteiger partial charge in [-0.15, -0.1) is 0 Å². The van der Waals surface area contributed by atoms with Crippen molar-refractivity contribution in [2.45, 2.75) is 45.5 Å². The van der Waals surface area contributed by atoms with Crippen molar-refractivity contribution >= 4 is 8.32 Å². The van der Waals surface area contributed by atoms with Gasteiger partial charge in [-0.3, -0.25) is 4.98 Å². The number of nitrogens with zero attached hydrogens (tertiary/aromatic N) is 1. The topological polar surface area (TPSA) is 22.1 Å². The van der Waals surface area contributed by atoms with Gasteiger partial charge in [0.15, 0.2) is 8.32 Å². The molecular formula is C12H20NOSi. The average molecular weight is 222 g/mol. The number of hydrogen-bond donors (Lipinski definition) is 0. The average Bonchev–Trinajstić information content (AvgIpc) is 2.15. The summed E-state index contributed by atoms with van der Waals surface area (Å²) < 4.78 is 6.05. The van der Waals surface area contributed by atoms with Gasteiger partial charge in [0.2, 0.25) is 0 Å². The Balaban J connectivity index is 2.58. The van der Waals surface area contributed by atoms with E-state index in [9.17, 15) is 0 Å². The van der Waals surface area contributed by atoms with Crippen LogP contribution in [-0.4, -0.2) is 13.3 Å². The largest absolute Gasteiger partial charge is 0.412 e. The van der Waals surface area contributed by atoms with E-state index in [2.05, 4.69) is 45.0 Å². The molecule has 0 aliphatic heterocycles. The highest BCUT2D eigenvalue weighted by atomic mass is 28.4. The van der Waals surface area contributed by atoms with Crippen LogP contribution in [0.2, 0.25) is 18.1 Å². The fraction of sp³-hybridized carbons (Fsp3) is 0.583. The summed E-state index contributed by atoms with van der Waals surface area (Å²) in [5.41, 5.74) is 1.03. The molecule has 1 aromatic rings. The summed E-state index contributed by atoms with van der Waals surface area (Å²) in [5, 5.41) is 0.259. The Morgan fingerprint density at radius 2 is 2.07 bits per heavy atom. The molecular weight excluding hydrogens is 202 g/mol. The molecule has 0 atom stereocenters. The van der Waals surface area contributed by atoms with E-state index in [1.165, 1.54) is 0 Å². The van der Waals surface area contributed by atoms with Crippen LogP contribution in [0.4, 0.5) is 0 Å². The monoisotopic (exact) mass is 222 g/mol. The van der Waals surface area contributed by atoms with Gasteiger partial charge >= 0.3 is 0 Å². The molecule has 1 radical (unpaired) electrons. The summed E-state index contributed by atoms with van der Waals surface area (Å²) in [6.07, 6.45) is 4.67. The lowest BCUT2D eigenvalue weighted by atomic mass is 10.2. The molecule has 0 unspecified atom stereocenters. The maximum absolute atomic E-state index is 6.05. The Kier molecular flexibility index (Phi) is 3.68. The Hall–Kier alpha value is -0.673. The van der Waals surface area contributed by atoms with E-state index in [4.69, 9.17) is 4.43 Å². The first-order chi connectivity index (χ1) is 6.83. The van der Waals surface area contributed by atoms with Crippen LogP contribution < -0.4 is 0 Å². The highest BCUT2D eigenvalue weighted by Crippen LogP contribution is 2.36. The molecule has 2 nitrogen and oxygen atoms in total. The molecule has 0 aliphatic rings. The number of aromatic nitrogens is 1. The zero-order valence-electron chi connectivity index (χ0n) is 10.3. The third kappa shape index (κ3) is 3.43. The summed E-state index contributed by atoms with van der Waals surface area (Å²) in [6, 6.07) is 3.92. The van der Waals surface area contributed by atoms with Crippen molar-refractivity contribution in [3.63, 3.8) is 0 Å². The molecule has 0 saturated carbocycles. The molecule has 83 valence electrons. The first-order valence-electron chi connectivity index (χ1n) is 5.28. The minimum absolute atomic E-state index is 0.259. The Labute approximate surface area is 93.8 Å². The van der Waals surface area contributed by atoms with E-state index >= 15 is 0 Å². The van der Waals surface area contributed by atoms with Gasteiger partial charge in [-0.25, -0.2) is 0 Å². The second-order valence-electron chi connectivity index (χ2n) is 5.32. The van der Waals surface area contributed by atoms with E-state index < -0.39 is 8.32 Å². The fourth-order valence-corrected chi connectivity index (χ4v) is 1.86. The van der Waals surface area contributed by atoms with Crippen LogP contribution in [0, 0.1) is 6.20 Å². The van der Waals surface area contributed by atoms with Crippen LogP contribution in [0.15, 0.2) is 18.3 Å². The molecule has 0 spiro atoms. The molecule has 0 bridgehead atoms. The lowest BCUT2D eigenvalue weighted by Gasteiger charge is -2.36. The quantitative estimate of drug-likeness (QED) is 0.731. The maximum atomic E-state index is 6.05. The van der Waals surface area contributed by atoms with E-state index in [-0.39, 0.29) is 5.04 Å². The van der Waals surface area contributed by atoms with Crippen molar-refractivity contribution in [1.29, 1.82) is 0 Å². The summed E-state index contributed by atoms with van der Waals surface area (Å²) in [6.45, 7) is 11.9. The number of hydrogen-bond acceptors (Lipinski definition) is 2. The molecule has 3 heteroatoms. The molecule has 0 amide bonds. The van der Waals surface area contributed by atoms with Gasteiger partial charge < -0.3 is 4.43 Å². The van der Waals surface area contributed by atoms with Crippen molar-refractivity contribution < 1.29 is 4.43 Å². The summed E-state index contributed by atoms with van der Waals surface area (Å²) in [4.78, 5) is 3.96. The Morgan fingerprint density at radius 1 is 1.40 bits per heavy atom. The molecule has 1 rings (SSSR count). The normalized spacial score (nSPS) is 12.9. The van der Waals surface area contributed by atoms with Crippen molar-refractivity contribution in [3.8, 4) is 0 Å². The molecule has 1 heterocycles. The third-order valence-electron chi connectivity index (χ3n) is 3.06. The van der Waals surface area contributed by atoms with E-state index in [1.807, 2.05) is 12.1 Å². The van der Waals surface area contributed by atoms with Crippen LogP contribution in [0.25, 0.3) is 0 Å². The van der Waals surface area contributed by atoms with Gasteiger partial charge in [0.1, 0.15) is 0 Å². The molecule has 0 saturated heterocycles. The summed E-state index contributed by atoms with van der Waals surface area (Å²) >= 11 is 0. The fourth-order valence-electron chi connectivity index (χ4n) is 0.915. The van der Waals surface area contributed by atoms with E-state index in [1.54, 1.807) is 6.20 Å². The smallest absolute Gasteiger partial charge is 0.192 e. The van der Waals surface area contributed by atoms with Crippen LogP contribution in [0.5, 0.6) is 0 Å². The highest BCUT2D eigenvalue weighted by molar-refractivity contribution is 6.74. The predicted octanol–water partition coefficient (Wildman–Crippen LogP) is 3.40. The van der Waals surface area contributed by atoms with Gasteiger partial charge in [0.05, 0.1) is 12.8 Å². The lowest BCUT2D eigenvalue weighted by Crippen LogP contribution is -2.40. The van der Waals surface area contributed by atoms with Crippen molar-refractivity contribution in [2.24, 2.45) is 0 Å². The second kappa shape index (κ2) is 4.45. The van der Waals surface area contributed by atoms with Gasteiger partial charge in [-0.2, -0.15) is 0 Å². The third-order valence-corrected chi connectivity index (χ3v) is 7.54. The number of rotatable bonds is 3. The zero-order valence-corrected chi connectivity index (χ0v) is 11.3. The van der Waals surface area contributed by atoms with Crippen molar-refractivity contribution in [2.75, 3.05) is 0 Å². The first-order valence-corrected chi connectivity index (χ1v) is 8.19. The molecule has 15 heavy (non-hydrogen) atoms. The van der Waals surface area contributed by atoms with Gasteiger partial charge in [-0.1, -0.05) is 26.8 Å². The predicted molar refractivity (Wildman–Crippen MR) is 65.1 cm³/mol. The molecule has 0 N–H and O–H groups in total. The first kappa shape index (κ1) is 12.4. The minimum Gasteiger partial charge on any atom is -0.412 e. The second-order valence-corrected chi connectivity index (χ2v) is 10.1. The minimum atomic E-state index is -1.64. The van der Waals surface area contributed by atoms with Gasteiger partial charge in [-0.05, 0) is 24.2 Å². The van der Waals surface area contributed by atoms with Crippen molar-refractivity contribution in [3.05, 3.63) is 30.1 Å². The standard InChI is InChI=1S/C12H20NOSi/c1-12(2,3)15(4,5)14-10-11-7-6-8-13-9-11/h6-8H,10H2,1-5H3. The van der Waals surface area contributed by atoms with Crippen LogP contribution >= 0.6 is 0 Å². The van der Waals surface area contributed by atoms with Crippen molar-refractivity contribution in [1.82, 2.24) is 4.98 Å². The van der Waals surface area contributed by atoms with Crippen LogP contribution in [0.1, 0.15) is 26.3 Å². The maximum Gasteiger partial charge on any atom is 0.192 e. The SMILES string of the molecule is CC(C)(C)[Si](C)(C)OCc1[c]nccc1. The Bertz CT molecular complexity index is 303.